The Morgan fingerprint density at radius 2 is 1.70 bits per heavy atom. The van der Waals surface area contributed by atoms with Crippen LogP contribution in [0.4, 0.5) is 10.5 Å². The molecular weight excluding hydrogens is 356 g/mol. The Labute approximate surface area is 166 Å². The highest BCUT2D eigenvalue weighted by atomic mass is 32.1. The average molecular weight is 383 g/mol. The summed E-state index contributed by atoms with van der Waals surface area (Å²) in [7, 11) is 0. The van der Waals surface area contributed by atoms with Gasteiger partial charge in [0.15, 0.2) is 5.50 Å². The highest BCUT2D eigenvalue weighted by molar-refractivity contribution is 7.81. The van der Waals surface area contributed by atoms with Crippen LogP contribution in [0.15, 0.2) is 54.6 Å². The molecule has 0 N–H and O–H groups in total. The number of anilines is 1. The van der Waals surface area contributed by atoms with Crippen LogP contribution in [0.2, 0.25) is 0 Å². The molecule has 1 heterocycles. The molecule has 2 fully saturated rings. The maximum Gasteiger partial charge on any atom is 0.417 e. The zero-order valence-corrected chi connectivity index (χ0v) is 16.6. The first-order valence-electron chi connectivity index (χ1n) is 9.67. The van der Waals surface area contributed by atoms with Gasteiger partial charge in [0.05, 0.1) is 12.1 Å². The van der Waals surface area contributed by atoms with Crippen molar-refractivity contribution in [3.05, 3.63) is 60.2 Å². The van der Waals surface area contributed by atoms with E-state index >= 15 is 0 Å². The number of rotatable bonds is 2. The molecule has 1 aliphatic heterocycles. The molecule has 2 aromatic carbocycles. The highest BCUT2D eigenvalue weighted by Crippen LogP contribution is 2.45. The first-order valence-corrected chi connectivity index (χ1v) is 10.2. The number of carbonyl (C=O) groups excluding carboxylic acids is 1. The molecule has 27 heavy (non-hydrogen) atoms. The van der Waals surface area contributed by atoms with Gasteiger partial charge in [-0.25, -0.2) is 4.79 Å². The standard InChI is InChI=1S/C22H26N2O2S/c1-17-10-12-18(13-11-17)24-20(27)23(16-22(24)14-6-3-7-15-22)21(25)26-19-8-4-2-5-9-19/h2,4-5,8-13,20,27H,3,6-7,14-16H2,1H3. The molecule has 1 aliphatic carbocycles. The van der Waals surface area contributed by atoms with Gasteiger partial charge in [-0.15, -0.1) is 12.6 Å². The molecular formula is C22H26N2O2S. The molecule has 4 nitrogen and oxygen atoms in total. The predicted octanol–water partition coefficient (Wildman–Crippen LogP) is 5.23. The van der Waals surface area contributed by atoms with Crippen LogP contribution in [0.5, 0.6) is 5.75 Å². The number of ether oxygens (including phenoxy) is 1. The minimum Gasteiger partial charge on any atom is -0.410 e. The maximum absolute atomic E-state index is 12.9. The predicted molar refractivity (Wildman–Crippen MR) is 111 cm³/mol. The van der Waals surface area contributed by atoms with E-state index in [9.17, 15) is 4.79 Å². The Hall–Kier alpha value is -2.14. The van der Waals surface area contributed by atoms with Gasteiger partial charge in [-0.3, -0.25) is 4.90 Å². The number of carbonyl (C=O) groups is 1. The Bertz CT molecular complexity index is 788. The van der Waals surface area contributed by atoms with Crippen molar-refractivity contribution < 1.29 is 9.53 Å². The largest absolute Gasteiger partial charge is 0.417 e. The Morgan fingerprint density at radius 1 is 1.04 bits per heavy atom. The number of amides is 1. The van der Waals surface area contributed by atoms with Crippen molar-refractivity contribution >= 4 is 24.4 Å². The summed E-state index contributed by atoms with van der Waals surface area (Å²) in [5.41, 5.74) is 1.96. The maximum atomic E-state index is 12.9. The van der Waals surface area contributed by atoms with Gasteiger partial charge in [-0.05, 0) is 44.0 Å². The van der Waals surface area contributed by atoms with Gasteiger partial charge in [0.2, 0.25) is 0 Å². The molecule has 1 saturated carbocycles. The number of thiol groups is 1. The molecule has 142 valence electrons. The lowest BCUT2D eigenvalue weighted by Gasteiger charge is -2.42. The van der Waals surface area contributed by atoms with Gasteiger partial charge in [-0.1, -0.05) is 55.2 Å². The van der Waals surface area contributed by atoms with E-state index in [0.29, 0.717) is 12.3 Å². The fraction of sp³-hybridized carbons (Fsp3) is 0.409. The van der Waals surface area contributed by atoms with Crippen molar-refractivity contribution in [3.63, 3.8) is 0 Å². The molecule has 2 aliphatic rings. The topological polar surface area (TPSA) is 32.8 Å². The van der Waals surface area contributed by atoms with Crippen LogP contribution >= 0.6 is 12.6 Å². The lowest BCUT2D eigenvalue weighted by atomic mass is 9.81. The fourth-order valence-electron chi connectivity index (χ4n) is 4.39. The van der Waals surface area contributed by atoms with Gasteiger partial charge in [0.25, 0.3) is 0 Å². The van der Waals surface area contributed by atoms with Gasteiger partial charge in [0, 0.05) is 5.69 Å². The summed E-state index contributed by atoms with van der Waals surface area (Å²) in [4.78, 5) is 17.0. The van der Waals surface area contributed by atoms with Crippen LogP contribution in [-0.4, -0.2) is 28.6 Å². The van der Waals surface area contributed by atoms with E-state index in [4.69, 9.17) is 17.4 Å². The SMILES string of the molecule is Cc1ccc(N2C(S)N(C(=O)Oc3ccccc3)CC23CCCCC3)cc1. The van der Waals surface area contributed by atoms with Crippen LogP contribution in [0.25, 0.3) is 0 Å². The lowest BCUT2D eigenvalue weighted by Crippen LogP contribution is -2.49. The van der Waals surface area contributed by atoms with E-state index in [-0.39, 0.29) is 17.1 Å². The summed E-state index contributed by atoms with van der Waals surface area (Å²) < 4.78 is 5.62. The first kappa shape index (κ1) is 18.2. The second-order valence-electron chi connectivity index (χ2n) is 7.65. The quantitative estimate of drug-likeness (QED) is 0.722. The normalized spacial score (nSPS) is 21.5. The molecule has 2 aromatic rings. The molecule has 4 rings (SSSR count). The van der Waals surface area contributed by atoms with E-state index in [2.05, 4.69) is 36.1 Å². The average Bonchev–Trinajstić information content (AvgIpc) is 2.96. The Kier molecular flexibility index (Phi) is 5.04. The molecule has 0 aromatic heterocycles. The number of hydrogen-bond acceptors (Lipinski definition) is 4. The summed E-state index contributed by atoms with van der Waals surface area (Å²) >= 11 is 4.86. The number of aryl methyl sites for hydroxylation is 1. The Balaban J connectivity index is 1.63. The van der Waals surface area contributed by atoms with Crippen LogP contribution in [-0.2, 0) is 0 Å². The van der Waals surface area contributed by atoms with Crippen molar-refractivity contribution in [2.24, 2.45) is 0 Å². The second-order valence-corrected chi connectivity index (χ2v) is 8.11. The highest BCUT2D eigenvalue weighted by Gasteiger charge is 2.51. The van der Waals surface area contributed by atoms with E-state index in [1.165, 1.54) is 24.8 Å². The molecule has 1 atom stereocenters. The zero-order chi connectivity index (χ0) is 18.9. The molecule has 0 bridgehead atoms. The fourth-order valence-corrected chi connectivity index (χ4v) is 4.94. The smallest absolute Gasteiger partial charge is 0.410 e. The third-order valence-electron chi connectivity index (χ3n) is 5.76. The minimum atomic E-state index is -0.333. The van der Waals surface area contributed by atoms with E-state index < -0.39 is 0 Å². The molecule has 5 heteroatoms. The van der Waals surface area contributed by atoms with Gasteiger partial charge >= 0.3 is 6.09 Å². The van der Waals surface area contributed by atoms with Gasteiger partial charge < -0.3 is 9.64 Å². The van der Waals surface area contributed by atoms with Crippen molar-refractivity contribution in [2.45, 2.75) is 50.1 Å². The first-order chi connectivity index (χ1) is 13.1. The van der Waals surface area contributed by atoms with E-state index in [0.717, 1.165) is 18.5 Å². The Morgan fingerprint density at radius 3 is 2.37 bits per heavy atom. The van der Waals surface area contributed by atoms with Crippen molar-refractivity contribution in [1.29, 1.82) is 0 Å². The summed E-state index contributed by atoms with van der Waals surface area (Å²) in [6.45, 7) is 2.74. The lowest BCUT2D eigenvalue weighted by molar-refractivity contribution is 0.154. The minimum absolute atomic E-state index is 0.0599. The number of nitrogens with zero attached hydrogens (tertiary/aromatic N) is 2. The molecule has 1 unspecified atom stereocenters. The summed E-state index contributed by atoms with van der Waals surface area (Å²) in [6.07, 6.45) is 5.45. The monoisotopic (exact) mass is 382 g/mol. The van der Waals surface area contributed by atoms with E-state index in [1.807, 2.05) is 18.2 Å². The van der Waals surface area contributed by atoms with E-state index in [1.54, 1.807) is 17.0 Å². The summed E-state index contributed by atoms with van der Waals surface area (Å²) in [5.74, 6) is 0.564. The van der Waals surface area contributed by atoms with Gasteiger partial charge in [0.1, 0.15) is 5.75 Å². The third kappa shape index (κ3) is 3.53. The summed E-state index contributed by atoms with van der Waals surface area (Å²) in [6, 6.07) is 17.8. The summed E-state index contributed by atoms with van der Waals surface area (Å²) in [5, 5.41) is 0. The van der Waals surface area contributed by atoms with Gasteiger partial charge in [-0.2, -0.15) is 0 Å². The van der Waals surface area contributed by atoms with Crippen LogP contribution in [0.1, 0.15) is 37.7 Å². The van der Waals surface area contributed by atoms with Crippen molar-refractivity contribution in [2.75, 3.05) is 11.4 Å². The van der Waals surface area contributed by atoms with Crippen LogP contribution in [0, 0.1) is 6.92 Å². The molecule has 1 spiro atoms. The van der Waals surface area contributed by atoms with Crippen molar-refractivity contribution in [1.82, 2.24) is 4.90 Å². The second kappa shape index (κ2) is 7.47. The van der Waals surface area contributed by atoms with Crippen molar-refractivity contribution in [3.8, 4) is 5.75 Å². The van der Waals surface area contributed by atoms with Crippen LogP contribution < -0.4 is 9.64 Å². The molecule has 1 amide bonds. The van der Waals surface area contributed by atoms with Crippen LogP contribution in [0.3, 0.4) is 0 Å². The third-order valence-corrected chi connectivity index (χ3v) is 6.27. The zero-order valence-electron chi connectivity index (χ0n) is 15.7. The molecule has 1 saturated heterocycles. The molecule has 0 radical (unpaired) electrons. The number of benzene rings is 2. The number of hydrogen-bond donors (Lipinski definition) is 1. The number of para-hydroxylation sites is 1.